The Hall–Kier alpha value is -1.97. The van der Waals surface area contributed by atoms with Gasteiger partial charge in [0.25, 0.3) is 10.0 Å². The highest BCUT2D eigenvalue weighted by atomic mass is 32.2. The fourth-order valence-corrected chi connectivity index (χ4v) is 3.53. The van der Waals surface area contributed by atoms with Crippen LogP contribution in [0.1, 0.15) is 5.56 Å². The predicted octanol–water partition coefficient (Wildman–Crippen LogP) is 1.58. The van der Waals surface area contributed by atoms with Crippen LogP contribution in [0, 0.1) is 12.7 Å². The van der Waals surface area contributed by atoms with Gasteiger partial charge in [-0.1, -0.05) is 12.1 Å². The maximum Gasteiger partial charge on any atom is 0.261 e. The molecule has 0 saturated heterocycles. The van der Waals surface area contributed by atoms with Crippen LogP contribution in [-0.2, 0) is 20.0 Å². The number of aryl methyl sites for hydroxylation is 1. The lowest BCUT2D eigenvalue weighted by molar-refractivity contribution is 0.597. The van der Waals surface area contributed by atoms with E-state index in [1.165, 1.54) is 30.3 Å². The second-order valence-electron chi connectivity index (χ2n) is 4.58. The van der Waals surface area contributed by atoms with Crippen LogP contribution >= 0.6 is 0 Å². The third-order valence-electron chi connectivity index (χ3n) is 2.89. The molecular weight excluding hydrogens is 331 g/mol. The number of anilines is 1. The first kappa shape index (κ1) is 16.4. The molecule has 0 unspecified atom stereocenters. The second-order valence-corrected chi connectivity index (χ2v) is 7.83. The van der Waals surface area contributed by atoms with E-state index in [1.807, 2.05) is 0 Å². The van der Waals surface area contributed by atoms with Crippen molar-refractivity contribution >= 4 is 25.7 Å². The lowest BCUT2D eigenvalue weighted by atomic mass is 10.2. The molecule has 9 heteroatoms. The Labute approximate surface area is 127 Å². The molecule has 0 amide bonds. The second kappa shape index (κ2) is 5.67. The number of benzene rings is 2. The van der Waals surface area contributed by atoms with Crippen molar-refractivity contribution in [2.45, 2.75) is 16.7 Å². The Morgan fingerprint density at radius 3 is 2.27 bits per heavy atom. The summed E-state index contributed by atoms with van der Waals surface area (Å²) in [5.41, 5.74) is 0.591. The summed E-state index contributed by atoms with van der Waals surface area (Å²) < 4.78 is 62.5. The van der Waals surface area contributed by atoms with Crippen molar-refractivity contribution in [1.29, 1.82) is 0 Å². The minimum Gasteiger partial charge on any atom is -0.279 e. The summed E-state index contributed by atoms with van der Waals surface area (Å²) in [5, 5.41) is 4.97. The summed E-state index contributed by atoms with van der Waals surface area (Å²) in [7, 11) is -8.10. The molecule has 0 atom stereocenters. The molecule has 0 aliphatic rings. The van der Waals surface area contributed by atoms with Crippen molar-refractivity contribution in [2.24, 2.45) is 5.14 Å². The van der Waals surface area contributed by atoms with E-state index in [9.17, 15) is 21.2 Å². The van der Waals surface area contributed by atoms with Crippen LogP contribution < -0.4 is 9.86 Å². The zero-order valence-corrected chi connectivity index (χ0v) is 13.1. The van der Waals surface area contributed by atoms with Crippen molar-refractivity contribution in [3.63, 3.8) is 0 Å². The predicted molar refractivity (Wildman–Crippen MR) is 79.8 cm³/mol. The molecule has 0 spiro atoms. The van der Waals surface area contributed by atoms with E-state index in [1.54, 1.807) is 6.92 Å². The Morgan fingerprint density at radius 2 is 1.64 bits per heavy atom. The van der Waals surface area contributed by atoms with Gasteiger partial charge in [-0.2, -0.15) is 0 Å². The normalized spacial score (nSPS) is 12.1. The number of halogens is 1. The molecule has 6 nitrogen and oxygen atoms in total. The standard InChI is InChI=1S/C13H13FN2O4S2/c1-9-5-6-10(14)7-13(9)16-22(19,20)12-4-2-3-11(8-12)21(15,17)18/h2-8,16H,1H3,(H2,15,17,18). The fourth-order valence-electron chi connectivity index (χ4n) is 1.73. The van der Waals surface area contributed by atoms with Crippen LogP contribution in [0.5, 0.6) is 0 Å². The SMILES string of the molecule is Cc1ccc(F)cc1NS(=O)(=O)c1cccc(S(N)(=O)=O)c1. The van der Waals surface area contributed by atoms with Crippen LogP contribution in [-0.4, -0.2) is 16.8 Å². The summed E-state index contributed by atoms with van der Waals surface area (Å²) >= 11 is 0. The number of nitrogens with one attached hydrogen (secondary N) is 1. The summed E-state index contributed by atoms with van der Waals surface area (Å²) in [5.74, 6) is -0.596. The zero-order chi connectivity index (χ0) is 16.5. The maximum atomic E-state index is 13.2. The molecule has 3 N–H and O–H groups in total. The highest BCUT2D eigenvalue weighted by Gasteiger charge is 2.18. The molecule has 2 rings (SSSR count). The van der Waals surface area contributed by atoms with Crippen LogP contribution in [0.3, 0.4) is 0 Å². The quantitative estimate of drug-likeness (QED) is 0.878. The summed E-state index contributed by atoms with van der Waals surface area (Å²) in [6.07, 6.45) is 0. The minimum atomic E-state index is -4.07. The van der Waals surface area contributed by atoms with E-state index in [-0.39, 0.29) is 15.5 Å². The topological polar surface area (TPSA) is 106 Å². The van der Waals surface area contributed by atoms with E-state index < -0.39 is 25.9 Å². The van der Waals surface area contributed by atoms with Crippen molar-refractivity contribution < 1.29 is 21.2 Å². The van der Waals surface area contributed by atoms with Gasteiger partial charge in [-0.15, -0.1) is 0 Å². The Balaban J connectivity index is 2.45. The molecule has 0 bridgehead atoms. The number of nitrogens with two attached hydrogens (primary N) is 1. The van der Waals surface area contributed by atoms with Gasteiger partial charge in [0.05, 0.1) is 15.5 Å². The van der Waals surface area contributed by atoms with E-state index in [2.05, 4.69) is 4.72 Å². The van der Waals surface area contributed by atoms with Crippen molar-refractivity contribution in [1.82, 2.24) is 0 Å². The number of primary sulfonamides is 1. The van der Waals surface area contributed by atoms with Crippen molar-refractivity contribution in [2.75, 3.05) is 4.72 Å². The molecule has 0 aromatic heterocycles. The fraction of sp³-hybridized carbons (Fsp3) is 0.0769. The van der Waals surface area contributed by atoms with Gasteiger partial charge >= 0.3 is 0 Å². The van der Waals surface area contributed by atoms with E-state index in [0.717, 1.165) is 12.1 Å². The minimum absolute atomic E-state index is 0.0704. The molecular formula is C13H13FN2O4S2. The van der Waals surface area contributed by atoms with Crippen LogP contribution in [0.2, 0.25) is 0 Å². The van der Waals surface area contributed by atoms with Gasteiger partial charge in [0.15, 0.2) is 0 Å². The molecule has 2 aromatic rings. The highest BCUT2D eigenvalue weighted by molar-refractivity contribution is 7.93. The van der Waals surface area contributed by atoms with Gasteiger partial charge in [0.1, 0.15) is 5.82 Å². The lowest BCUT2D eigenvalue weighted by Gasteiger charge is -2.11. The van der Waals surface area contributed by atoms with Crippen molar-refractivity contribution in [3.05, 3.63) is 53.8 Å². The number of rotatable bonds is 4. The van der Waals surface area contributed by atoms with Crippen molar-refractivity contribution in [3.8, 4) is 0 Å². The average molecular weight is 344 g/mol. The largest absolute Gasteiger partial charge is 0.279 e. The first-order valence-corrected chi connectivity index (χ1v) is 9.04. The van der Waals surface area contributed by atoms with Gasteiger partial charge in [0, 0.05) is 0 Å². The van der Waals surface area contributed by atoms with Gasteiger partial charge in [0.2, 0.25) is 10.0 Å². The van der Waals surface area contributed by atoms with Gasteiger partial charge in [-0.05, 0) is 42.8 Å². The van der Waals surface area contributed by atoms with Gasteiger partial charge < -0.3 is 0 Å². The highest BCUT2D eigenvalue weighted by Crippen LogP contribution is 2.22. The molecule has 0 radical (unpaired) electrons. The third-order valence-corrected chi connectivity index (χ3v) is 5.16. The number of hydrogen-bond acceptors (Lipinski definition) is 4. The first-order chi connectivity index (χ1) is 10.1. The molecule has 0 saturated carbocycles. The molecule has 0 aliphatic heterocycles. The number of sulfonamides is 2. The monoisotopic (exact) mass is 344 g/mol. The summed E-state index contributed by atoms with van der Waals surface area (Å²) in [6, 6.07) is 8.26. The Bertz CT molecular complexity index is 925. The van der Waals surface area contributed by atoms with Gasteiger partial charge in [-0.3, -0.25) is 4.72 Å². The molecule has 22 heavy (non-hydrogen) atoms. The smallest absolute Gasteiger partial charge is 0.261 e. The maximum absolute atomic E-state index is 13.2. The first-order valence-electron chi connectivity index (χ1n) is 6.01. The van der Waals surface area contributed by atoms with Crippen LogP contribution in [0.15, 0.2) is 52.3 Å². The van der Waals surface area contributed by atoms with Gasteiger partial charge in [-0.25, -0.2) is 26.4 Å². The van der Waals surface area contributed by atoms with E-state index in [4.69, 9.17) is 5.14 Å². The van der Waals surface area contributed by atoms with Crippen LogP contribution in [0.4, 0.5) is 10.1 Å². The summed E-state index contributed by atoms with van der Waals surface area (Å²) in [4.78, 5) is -0.617. The molecule has 118 valence electrons. The van der Waals surface area contributed by atoms with Crippen LogP contribution in [0.25, 0.3) is 0 Å². The Morgan fingerprint density at radius 1 is 1.00 bits per heavy atom. The number of hydrogen-bond donors (Lipinski definition) is 2. The Kier molecular flexibility index (Phi) is 4.23. The molecule has 0 fully saturated rings. The lowest BCUT2D eigenvalue weighted by Crippen LogP contribution is -2.16. The van der Waals surface area contributed by atoms with E-state index in [0.29, 0.717) is 5.56 Å². The summed E-state index contributed by atoms with van der Waals surface area (Å²) in [6.45, 7) is 1.61. The third kappa shape index (κ3) is 3.62. The van der Waals surface area contributed by atoms with E-state index >= 15 is 0 Å². The average Bonchev–Trinajstić information content (AvgIpc) is 2.42. The molecule has 2 aromatic carbocycles. The zero-order valence-electron chi connectivity index (χ0n) is 11.4. The molecule has 0 aliphatic carbocycles. The molecule has 0 heterocycles.